The molecule has 0 radical (unpaired) electrons. The maximum absolute atomic E-state index is 12.5. The van der Waals surface area contributed by atoms with Gasteiger partial charge >= 0.3 is 0 Å². The molecular weight excluding hydrogens is 368 g/mol. The van der Waals surface area contributed by atoms with Crippen LogP contribution in [0.25, 0.3) is 0 Å². The molecule has 1 N–H and O–H groups in total. The second-order valence-corrected chi connectivity index (χ2v) is 6.41. The first-order chi connectivity index (χ1) is 14.2. The largest absolute Gasteiger partial charge is 0.493 e. The molecule has 1 heterocycles. The van der Waals surface area contributed by atoms with Gasteiger partial charge in [0.15, 0.2) is 5.75 Å². The third kappa shape index (κ3) is 5.80. The van der Waals surface area contributed by atoms with E-state index in [1.165, 1.54) is 0 Å². The molecule has 0 saturated heterocycles. The molecule has 0 aliphatic heterocycles. The van der Waals surface area contributed by atoms with Gasteiger partial charge in [0.05, 0.1) is 25.8 Å². The SMILES string of the molecule is COCc1nccc(NC(=O)Cc2ccc(OCc3ccccc3)cc2)c1OC. The number of rotatable bonds is 9. The van der Waals surface area contributed by atoms with E-state index in [1.54, 1.807) is 26.5 Å². The lowest BCUT2D eigenvalue weighted by atomic mass is 10.1. The van der Waals surface area contributed by atoms with Gasteiger partial charge < -0.3 is 19.5 Å². The van der Waals surface area contributed by atoms with Gasteiger partial charge in [-0.05, 0) is 29.3 Å². The van der Waals surface area contributed by atoms with Crippen LogP contribution >= 0.6 is 0 Å². The van der Waals surface area contributed by atoms with Crippen LogP contribution in [0.15, 0.2) is 66.9 Å². The Hall–Kier alpha value is -3.38. The van der Waals surface area contributed by atoms with Crippen LogP contribution in [0.2, 0.25) is 0 Å². The lowest BCUT2D eigenvalue weighted by Crippen LogP contribution is -2.15. The molecule has 0 atom stereocenters. The average molecular weight is 392 g/mol. The zero-order chi connectivity index (χ0) is 20.5. The number of ether oxygens (including phenoxy) is 3. The normalized spacial score (nSPS) is 10.4. The Morgan fingerprint density at radius 3 is 2.38 bits per heavy atom. The number of hydrogen-bond acceptors (Lipinski definition) is 5. The monoisotopic (exact) mass is 392 g/mol. The Morgan fingerprint density at radius 1 is 0.931 bits per heavy atom. The second kappa shape index (κ2) is 10.2. The van der Waals surface area contributed by atoms with Crippen molar-refractivity contribution < 1.29 is 19.0 Å². The van der Waals surface area contributed by atoms with E-state index >= 15 is 0 Å². The molecule has 2 aromatic carbocycles. The Balaban J connectivity index is 1.58. The molecule has 0 aliphatic carbocycles. The number of anilines is 1. The summed E-state index contributed by atoms with van der Waals surface area (Å²) >= 11 is 0. The third-order valence-electron chi connectivity index (χ3n) is 4.27. The van der Waals surface area contributed by atoms with E-state index in [4.69, 9.17) is 14.2 Å². The van der Waals surface area contributed by atoms with Gasteiger partial charge in [-0.3, -0.25) is 9.78 Å². The summed E-state index contributed by atoms with van der Waals surface area (Å²) in [5.41, 5.74) is 3.20. The Bertz CT molecular complexity index is 927. The van der Waals surface area contributed by atoms with Crippen molar-refractivity contribution >= 4 is 11.6 Å². The molecule has 0 bridgehead atoms. The average Bonchev–Trinajstić information content (AvgIpc) is 2.74. The van der Waals surface area contributed by atoms with Crippen LogP contribution in [0.3, 0.4) is 0 Å². The first-order valence-electron chi connectivity index (χ1n) is 9.26. The molecule has 3 rings (SSSR count). The van der Waals surface area contributed by atoms with Gasteiger partial charge in [0, 0.05) is 13.3 Å². The van der Waals surface area contributed by atoms with E-state index in [2.05, 4.69) is 10.3 Å². The minimum absolute atomic E-state index is 0.143. The smallest absolute Gasteiger partial charge is 0.228 e. The summed E-state index contributed by atoms with van der Waals surface area (Å²) in [7, 11) is 3.12. The summed E-state index contributed by atoms with van der Waals surface area (Å²) in [6.45, 7) is 0.809. The van der Waals surface area contributed by atoms with Crippen LogP contribution in [0.1, 0.15) is 16.8 Å². The maximum Gasteiger partial charge on any atom is 0.228 e. The quantitative estimate of drug-likeness (QED) is 0.596. The van der Waals surface area contributed by atoms with Crippen LogP contribution < -0.4 is 14.8 Å². The lowest BCUT2D eigenvalue weighted by molar-refractivity contribution is -0.115. The predicted octanol–water partition coefficient (Wildman–Crippen LogP) is 4.00. The number of aromatic nitrogens is 1. The van der Waals surface area contributed by atoms with Crippen molar-refractivity contribution in [3.05, 3.63) is 83.7 Å². The van der Waals surface area contributed by atoms with Crippen molar-refractivity contribution in [3.63, 3.8) is 0 Å². The fourth-order valence-electron chi connectivity index (χ4n) is 2.88. The van der Waals surface area contributed by atoms with E-state index in [0.29, 0.717) is 30.3 Å². The molecule has 0 unspecified atom stereocenters. The number of nitrogens with zero attached hydrogens (tertiary/aromatic N) is 1. The standard InChI is InChI=1S/C23H24N2O4/c1-27-16-21-23(28-2)20(12-13-24-21)25-22(26)14-17-8-10-19(11-9-17)29-15-18-6-4-3-5-7-18/h3-13H,14-16H2,1-2H3,(H,24,25,26). The van der Waals surface area contributed by atoms with E-state index in [0.717, 1.165) is 16.9 Å². The molecule has 1 aromatic heterocycles. The first-order valence-corrected chi connectivity index (χ1v) is 9.26. The lowest BCUT2D eigenvalue weighted by Gasteiger charge is -2.13. The molecule has 6 nitrogen and oxygen atoms in total. The van der Waals surface area contributed by atoms with Gasteiger partial charge in [0.1, 0.15) is 18.1 Å². The number of nitrogens with one attached hydrogen (secondary N) is 1. The molecule has 3 aromatic rings. The number of benzene rings is 2. The zero-order valence-electron chi connectivity index (χ0n) is 16.6. The van der Waals surface area contributed by atoms with Gasteiger partial charge in [-0.2, -0.15) is 0 Å². The van der Waals surface area contributed by atoms with Crippen molar-refractivity contribution in [2.75, 3.05) is 19.5 Å². The molecular formula is C23H24N2O4. The fraction of sp³-hybridized carbons (Fsp3) is 0.217. The molecule has 0 aliphatic rings. The molecule has 0 saturated carbocycles. The summed E-state index contributed by atoms with van der Waals surface area (Å²) in [5.74, 6) is 1.13. The Labute approximate surface area is 170 Å². The molecule has 150 valence electrons. The topological polar surface area (TPSA) is 69.7 Å². The van der Waals surface area contributed by atoms with Crippen LogP contribution in [0.4, 0.5) is 5.69 Å². The second-order valence-electron chi connectivity index (χ2n) is 6.41. The zero-order valence-corrected chi connectivity index (χ0v) is 16.6. The highest BCUT2D eigenvalue weighted by molar-refractivity contribution is 5.93. The van der Waals surface area contributed by atoms with Crippen LogP contribution in [-0.2, 0) is 29.2 Å². The minimum atomic E-state index is -0.143. The number of methoxy groups -OCH3 is 2. The highest BCUT2D eigenvalue weighted by Crippen LogP contribution is 2.27. The van der Waals surface area contributed by atoms with Crippen molar-refractivity contribution in [2.24, 2.45) is 0 Å². The Morgan fingerprint density at radius 2 is 1.69 bits per heavy atom. The van der Waals surface area contributed by atoms with Gasteiger partial charge in [-0.15, -0.1) is 0 Å². The van der Waals surface area contributed by atoms with Gasteiger partial charge in [-0.1, -0.05) is 42.5 Å². The fourth-order valence-corrected chi connectivity index (χ4v) is 2.88. The first kappa shape index (κ1) is 20.4. The van der Waals surface area contributed by atoms with E-state index in [1.807, 2.05) is 54.6 Å². The summed E-state index contributed by atoms with van der Waals surface area (Å²) in [6.07, 6.45) is 1.86. The molecule has 0 fully saturated rings. The predicted molar refractivity (Wildman–Crippen MR) is 111 cm³/mol. The number of carbonyl (C=O) groups is 1. The minimum Gasteiger partial charge on any atom is -0.493 e. The molecule has 29 heavy (non-hydrogen) atoms. The van der Waals surface area contributed by atoms with E-state index in [-0.39, 0.29) is 12.3 Å². The highest BCUT2D eigenvalue weighted by atomic mass is 16.5. The summed E-state index contributed by atoms with van der Waals surface area (Å²) in [6, 6.07) is 19.2. The van der Waals surface area contributed by atoms with Gasteiger partial charge in [-0.25, -0.2) is 0 Å². The summed E-state index contributed by atoms with van der Waals surface area (Å²) in [5, 5.41) is 2.88. The van der Waals surface area contributed by atoms with Crippen LogP contribution in [-0.4, -0.2) is 25.1 Å². The molecule has 1 amide bonds. The van der Waals surface area contributed by atoms with Gasteiger partial charge in [0.25, 0.3) is 0 Å². The molecule has 0 spiro atoms. The Kier molecular flexibility index (Phi) is 7.19. The summed E-state index contributed by atoms with van der Waals surface area (Å²) < 4.78 is 16.3. The van der Waals surface area contributed by atoms with Gasteiger partial charge in [0.2, 0.25) is 5.91 Å². The summed E-state index contributed by atoms with van der Waals surface area (Å²) in [4.78, 5) is 16.7. The van der Waals surface area contributed by atoms with Crippen molar-refractivity contribution in [3.8, 4) is 11.5 Å². The molecule has 6 heteroatoms. The van der Waals surface area contributed by atoms with Crippen molar-refractivity contribution in [2.45, 2.75) is 19.6 Å². The number of hydrogen-bond donors (Lipinski definition) is 1. The van der Waals surface area contributed by atoms with Crippen molar-refractivity contribution in [1.82, 2.24) is 4.98 Å². The van der Waals surface area contributed by atoms with E-state index in [9.17, 15) is 4.79 Å². The van der Waals surface area contributed by atoms with E-state index < -0.39 is 0 Å². The van der Waals surface area contributed by atoms with Crippen molar-refractivity contribution in [1.29, 1.82) is 0 Å². The highest BCUT2D eigenvalue weighted by Gasteiger charge is 2.13. The number of pyridine rings is 1. The number of carbonyl (C=O) groups excluding carboxylic acids is 1. The number of amides is 1. The third-order valence-corrected chi connectivity index (χ3v) is 4.27. The van der Waals surface area contributed by atoms with Crippen LogP contribution in [0.5, 0.6) is 11.5 Å². The maximum atomic E-state index is 12.5. The van der Waals surface area contributed by atoms with Crippen LogP contribution in [0, 0.1) is 0 Å².